The number of carbonyl (C=O) groups is 1. The van der Waals surface area contributed by atoms with Gasteiger partial charge in [0.25, 0.3) is 0 Å². The van der Waals surface area contributed by atoms with Crippen molar-refractivity contribution in [2.24, 2.45) is 11.8 Å². The maximum absolute atomic E-state index is 11.7. The number of hydrogen-bond donors (Lipinski definition) is 1. The summed E-state index contributed by atoms with van der Waals surface area (Å²) >= 11 is 1.73. The molecule has 4 heterocycles. The van der Waals surface area contributed by atoms with Gasteiger partial charge in [-0.25, -0.2) is 4.98 Å². The van der Waals surface area contributed by atoms with Crippen LogP contribution in [0.5, 0.6) is 0 Å². The van der Waals surface area contributed by atoms with Gasteiger partial charge in [-0.1, -0.05) is 44.7 Å². The van der Waals surface area contributed by atoms with Crippen molar-refractivity contribution < 1.29 is 38.5 Å². The average Bonchev–Trinajstić information content (AvgIpc) is 3.49. The van der Waals surface area contributed by atoms with Crippen molar-refractivity contribution in [2.75, 3.05) is 0 Å². The molecule has 219 valence electrons. The minimum Gasteiger partial charge on any atom is -0.512 e. The summed E-state index contributed by atoms with van der Waals surface area (Å²) in [4.78, 5) is 22.0. The number of nitrogens with zero attached hydrogens (tertiary/aromatic N) is 2. The van der Waals surface area contributed by atoms with Gasteiger partial charge in [0.1, 0.15) is 0 Å². The van der Waals surface area contributed by atoms with Crippen LogP contribution in [0.25, 0.3) is 43.5 Å². The van der Waals surface area contributed by atoms with Crippen LogP contribution in [0.15, 0.2) is 52.7 Å². The molecule has 5 nitrogen and oxygen atoms in total. The van der Waals surface area contributed by atoms with Gasteiger partial charge in [-0.15, -0.1) is 29.5 Å². The van der Waals surface area contributed by atoms with E-state index in [9.17, 15) is 9.90 Å². The van der Waals surface area contributed by atoms with Gasteiger partial charge >= 0.3 is 0 Å². The summed E-state index contributed by atoms with van der Waals surface area (Å²) in [5.74, 6) is 0.547. The standard InChI is InChI=1S/C21H15N2OS.C13H24O2.Ir/c1-11-7-8-15-14-5-4-6-16(20(14)24-21(15)22-11)17-9-10-18-19(23-17)12(2)13(3)25-18;1-5-10(6-2)12(14)9-13(15)11(7-3)8-4;/h4-5,7-10H,1-3H3;9-11,14H,5-8H2,1-4H3;/q-1;;/b;12-9-;/i1D3;;. The van der Waals surface area contributed by atoms with Crippen molar-refractivity contribution in [3.05, 3.63) is 70.4 Å². The van der Waals surface area contributed by atoms with E-state index in [1.807, 2.05) is 45.9 Å². The Morgan fingerprint density at radius 3 is 2.39 bits per heavy atom. The summed E-state index contributed by atoms with van der Waals surface area (Å²) in [5.41, 5.74) is 4.64. The number of pyridine rings is 2. The maximum atomic E-state index is 11.7. The Morgan fingerprint density at radius 2 is 1.73 bits per heavy atom. The summed E-state index contributed by atoms with van der Waals surface area (Å²) in [7, 11) is 0. The van der Waals surface area contributed by atoms with Gasteiger partial charge in [0.05, 0.1) is 21.6 Å². The smallest absolute Gasteiger partial charge is 0.216 e. The molecule has 1 radical (unpaired) electrons. The van der Waals surface area contributed by atoms with Crippen LogP contribution in [0.3, 0.4) is 0 Å². The first kappa shape index (κ1) is 28.3. The molecule has 0 bridgehead atoms. The summed E-state index contributed by atoms with van der Waals surface area (Å²) in [6, 6.07) is 14.3. The van der Waals surface area contributed by atoms with E-state index in [-0.39, 0.29) is 49.2 Å². The minimum absolute atomic E-state index is 0. The number of aromatic nitrogens is 2. The summed E-state index contributed by atoms with van der Waals surface area (Å²) in [6.07, 6.45) is 4.91. The zero-order valence-corrected chi connectivity index (χ0v) is 27.6. The molecular formula is C34H39IrN2O3S-. The monoisotopic (exact) mass is 751 g/mol. The third kappa shape index (κ3) is 6.97. The van der Waals surface area contributed by atoms with E-state index in [1.165, 1.54) is 22.6 Å². The number of aliphatic hydroxyl groups excluding tert-OH is 1. The molecule has 7 heteroatoms. The van der Waals surface area contributed by atoms with Crippen molar-refractivity contribution in [1.82, 2.24) is 9.97 Å². The number of allylic oxidation sites excluding steroid dienone is 2. The number of rotatable bonds is 8. The predicted octanol–water partition coefficient (Wildman–Crippen LogP) is 9.85. The van der Waals surface area contributed by atoms with Crippen LogP contribution in [0.2, 0.25) is 0 Å². The predicted molar refractivity (Wildman–Crippen MR) is 167 cm³/mol. The van der Waals surface area contributed by atoms with E-state index in [4.69, 9.17) is 13.5 Å². The number of hydrogen-bond acceptors (Lipinski definition) is 6. The van der Waals surface area contributed by atoms with Crippen molar-refractivity contribution >= 4 is 49.4 Å². The number of aliphatic hydroxyl groups is 1. The molecule has 4 aromatic heterocycles. The van der Waals surface area contributed by atoms with E-state index in [0.717, 1.165) is 57.9 Å². The molecule has 0 spiro atoms. The largest absolute Gasteiger partial charge is 0.512 e. The van der Waals surface area contributed by atoms with Gasteiger partial charge in [0.2, 0.25) is 5.71 Å². The summed E-state index contributed by atoms with van der Waals surface area (Å²) in [6.45, 7) is 9.98. The first-order valence-electron chi connectivity index (χ1n) is 15.5. The molecule has 0 aliphatic heterocycles. The molecule has 0 aliphatic carbocycles. The molecule has 5 aromatic rings. The number of aryl methyl sites for hydroxylation is 3. The molecule has 1 aromatic carbocycles. The van der Waals surface area contributed by atoms with E-state index in [2.05, 4.69) is 31.0 Å². The fourth-order valence-electron chi connectivity index (χ4n) is 4.94. The third-order valence-electron chi connectivity index (χ3n) is 7.64. The molecule has 0 atom stereocenters. The van der Waals surface area contributed by atoms with Crippen molar-refractivity contribution in [3.8, 4) is 11.3 Å². The molecular weight excluding hydrogens is 709 g/mol. The molecule has 5 rings (SSSR count). The van der Waals surface area contributed by atoms with Gasteiger partial charge in [0, 0.05) is 58.1 Å². The zero-order chi connectivity index (χ0) is 31.5. The normalized spacial score (nSPS) is 13.2. The zero-order valence-electron chi connectivity index (χ0n) is 27.4. The van der Waals surface area contributed by atoms with Gasteiger partial charge in [-0.2, -0.15) is 0 Å². The Morgan fingerprint density at radius 1 is 1.02 bits per heavy atom. The van der Waals surface area contributed by atoms with E-state index >= 15 is 0 Å². The Bertz CT molecular complexity index is 1780. The molecule has 0 amide bonds. The van der Waals surface area contributed by atoms with Crippen LogP contribution in [0.4, 0.5) is 0 Å². The van der Waals surface area contributed by atoms with Gasteiger partial charge in [0.15, 0.2) is 5.78 Å². The van der Waals surface area contributed by atoms with E-state index in [0.29, 0.717) is 11.3 Å². The molecule has 0 aliphatic rings. The van der Waals surface area contributed by atoms with Gasteiger partial charge < -0.3 is 9.52 Å². The Kier molecular flexibility index (Phi) is 9.89. The Hall–Kier alpha value is -2.86. The van der Waals surface area contributed by atoms with Crippen LogP contribution in [0, 0.1) is 38.6 Å². The minimum atomic E-state index is -2.27. The maximum Gasteiger partial charge on any atom is 0.216 e. The summed E-state index contributed by atoms with van der Waals surface area (Å²) < 4.78 is 29.9. The number of ketones is 1. The number of benzene rings is 1. The van der Waals surface area contributed by atoms with Crippen LogP contribution in [0.1, 0.15) is 73.6 Å². The second kappa shape index (κ2) is 14.4. The molecule has 0 unspecified atom stereocenters. The van der Waals surface area contributed by atoms with Crippen molar-refractivity contribution in [1.29, 1.82) is 0 Å². The second-order valence-corrected chi connectivity index (χ2v) is 11.3. The Balaban J connectivity index is 0.000000286. The van der Waals surface area contributed by atoms with Crippen molar-refractivity contribution in [2.45, 2.75) is 74.1 Å². The second-order valence-electron chi connectivity index (χ2n) is 10.1. The molecule has 0 fully saturated rings. The first-order valence-corrected chi connectivity index (χ1v) is 14.8. The number of fused-ring (bicyclic) bond motifs is 4. The third-order valence-corrected chi connectivity index (χ3v) is 8.80. The topological polar surface area (TPSA) is 76.2 Å². The molecule has 1 N–H and O–H groups in total. The van der Waals surface area contributed by atoms with Crippen LogP contribution in [-0.4, -0.2) is 20.9 Å². The van der Waals surface area contributed by atoms with Gasteiger partial charge in [-0.05, 0) is 75.8 Å². The molecule has 41 heavy (non-hydrogen) atoms. The van der Waals surface area contributed by atoms with Crippen LogP contribution in [-0.2, 0) is 24.9 Å². The molecule has 0 saturated heterocycles. The van der Waals surface area contributed by atoms with E-state index in [1.54, 1.807) is 17.4 Å². The van der Waals surface area contributed by atoms with Gasteiger partial charge in [-0.3, -0.25) is 9.78 Å². The Labute approximate surface area is 264 Å². The van der Waals surface area contributed by atoms with Crippen molar-refractivity contribution in [3.63, 3.8) is 0 Å². The fourth-order valence-corrected chi connectivity index (χ4v) is 5.95. The average molecular weight is 751 g/mol. The number of furan rings is 1. The van der Waals surface area contributed by atoms with Crippen LogP contribution < -0.4 is 0 Å². The first-order chi connectivity index (χ1) is 20.4. The van der Waals surface area contributed by atoms with Crippen LogP contribution >= 0.6 is 11.3 Å². The number of carbonyl (C=O) groups excluding carboxylic acids is 1. The van der Waals surface area contributed by atoms with E-state index < -0.39 is 6.85 Å². The number of thiophene rings is 1. The summed E-state index contributed by atoms with van der Waals surface area (Å²) in [5, 5.41) is 11.4. The molecule has 0 saturated carbocycles. The SMILES string of the molecule is CCC(CC)C(=O)/C=C(\O)C(CC)CC.[2H]C([2H])([2H])c1ccc2c(n1)oc1c(-c3ccc4sc(C)c(C)c4n3)[c-]ccc12.[Ir]. The fraction of sp³-hybridized carbons (Fsp3) is 0.382. The quantitative estimate of drug-likeness (QED) is 0.0971.